The van der Waals surface area contributed by atoms with Crippen molar-refractivity contribution >= 4 is 16.6 Å². The van der Waals surface area contributed by atoms with Crippen LogP contribution in [0.2, 0.25) is 0 Å². The third-order valence-electron chi connectivity index (χ3n) is 3.98. The Bertz CT molecular complexity index is 806. The Hall–Kier alpha value is -2.35. The lowest BCUT2D eigenvalue weighted by atomic mass is 10.0. The van der Waals surface area contributed by atoms with Crippen LogP contribution < -0.4 is 5.32 Å². The van der Waals surface area contributed by atoms with Crippen LogP contribution in [0.3, 0.4) is 0 Å². The molecule has 2 aromatic carbocycles. The minimum absolute atomic E-state index is 1.06. The van der Waals surface area contributed by atoms with Gasteiger partial charge in [-0.05, 0) is 54.3 Å². The second-order valence-corrected chi connectivity index (χ2v) is 5.41. The maximum Gasteiger partial charge on any atom is 0.0705 e. The summed E-state index contributed by atoms with van der Waals surface area (Å²) in [5.41, 5.74) is 7.34. The molecule has 0 fully saturated rings. The van der Waals surface area contributed by atoms with Gasteiger partial charge in [-0.25, -0.2) is 0 Å². The molecule has 0 amide bonds. The largest absolute Gasteiger partial charge is 0.384 e. The van der Waals surface area contributed by atoms with Crippen molar-refractivity contribution in [3.05, 3.63) is 59.8 Å². The van der Waals surface area contributed by atoms with Crippen molar-refractivity contribution in [2.45, 2.75) is 13.3 Å². The van der Waals surface area contributed by atoms with Gasteiger partial charge in [-0.15, -0.1) is 0 Å². The zero-order valence-corrected chi connectivity index (χ0v) is 11.5. The maximum absolute atomic E-state index is 4.56. The smallest absolute Gasteiger partial charge is 0.0705 e. The fourth-order valence-corrected chi connectivity index (χ4v) is 2.88. The van der Waals surface area contributed by atoms with Crippen LogP contribution in [0.15, 0.2) is 48.5 Å². The molecule has 4 rings (SSSR count). The summed E-state index contributed by atoms with van der Waals surface area (Å²) in [6.45, 7) is 3.08. The lowest BCUT2D eigenvalue weighted by Gasteiger charge is -2.07. The van der Waals surface area contributed by atoms with E-state index in [1.807, 2.05) is 6.92 Å². The number of pyridine rings is 1. The van der Waals surface area contributed by atoms with E-state index >= 15 is 0 Å². The first-order valence-corrected chi connectivity index (χ1v) is 7.04. The topological polar surface area (TPSA) is 24.9 Å². The summed E-state index contributed by atoms with van der Waals surface area (Å²) in [6.07, 6.45) is 1.14. The van der Waals surface area contributed by atoms with Gasteiger partial charge in [0.15, 0.2) is 0 Å². The Balaban J connectivity index is 1.83. The van der Waals surface area contributed by atoms with Crippen LogP contribution >= 0.6 is 0 Å². The summed E-state index contributed by atoms with van der Waals surface area (Å²) < 4.78 is 0. The zero-order chi connectivity index (χ0) is 13.5. The van der Waals surface area contributed by atoms with Gasteiger partial charge in [-0.2, -0.15) is 0 Å². The van der Waals surface area contributed by atoms with Crippen LogP contribution in [0.25, 0.3) is 22.0 Å². The Kier molecular flexibility index (Phi) is 2.49. The molecule has 0 saturated heterocycles. The molecule has 98 valence electrons. The summed E-state index contributed by atoms with van der Waals surface area (Å²) in [7, 11) is 0. The molecule has 0 aliphatic carbocycles. The van der Waals surface area contributed by atoms with Gasteiger partial charge in [0, 0.05) is 23.3 Å². The normalized spacial score (nSPS) is 13.2. The first-order valence-electron chi connectivity index (χ1n) is 7.04. The number of nitrogens with zero attached hydrogens (tertiary/aromatic N) is 1. The highest BCUT2D eigenvalue weighted by atomic mass is 14.9. The minimum atomic E-state index is 1.06. The molecule has 2 heterocycles. The number of nitrogens with one attached hydrogen (secondary N) is 1. The van der Waals surface area contributed by atoms with E-state index in [0.717, 1.165) is 24.2 Å². The van der Waals surface area contributed by atoms with Crippen LogP contribution in [0, 0.1) is 6.92 Å². The summed E-state index contributed by atoms with van der Waals surface area (Å²) >= 11 is 0. The maximum atomic E-state index is 4.56. The first kappa shape index (κ1) is 11.5. The molecule has 3 aromatic rings. The number of aryl methyl sites for hydroxylation is 1. The number of aromatic nitrogens is 1. The third-order valence-corrected chi connectivity index (χ3v) is 3.98. The molecule has 0 unspecified atom stereocenters. The van der Waals surface area contributed by atoms with E-state index in [0.29, 0.717) is 0 Å². The number of rotatable bonds is 1. The van der Waals surface area contributed by atoms with Crippen molar-refractivity contribution in [3.8, 4) is 11.1 Å². The third kappa shape index (κ3) is 1.85. The van der Waals surface area contributed by atoms with Gasteiger partial charge in [0.2, 0.25) is 0 Å². The molecule has 1 aliphatic heterocycles. The molecular weight excluding hydrogens is 244 g/mol. The molecule has 0 atom stereocenters. The quantitative estimate of drug-likeness (QED) is 0.710. The molecule has 20 heavy (non-hydrogen) atoms. The van der Waals surface area contributed by atoms with Gasteiger partial charge >= 0.3 is 0 Å². The fourth-order valence-electron chi connectivity index (χ4n) is 2.88. The van der Waals surface area contributed by atoms with Crippen molar-refractivity contribution < 1.29 is 0 Å². The van der Waals surface area contributed by atoms with Crippen LogP contribution in [0.5, 0.6) is 0 Å². The fraction of sp³-hybridized carbons (Fsp3) is 0.167. The van der Waals surface area contributed by atoms with E-state index in [4.69, 9.17) is 0 Å². The van der Waals surface area contributed by atoms with E-state index in [2.05, 4.69) is 58.8 Å². The van der Waals surface area contributed by atoms with E-state index in [1.165, 1.54) is 27.8 Å². The van der Waals surface area contributed by atoms with Gasteiger partial charge in [-0.3, -0.25) is 4.98 Å². The average molecular weight is 260 g/mol. The van der Waals surface area contributed by atoms with Crippen LogP contribution in [-0.4, -0.2) is 11.5 Å². The predicted octanol–water partition coefficient (Wildman–Crippen LogP) is 4.18. The summed E-state index contributed by atoms with van der Waals surface area (Å²) in [5.74, 6) is 0. The van der Waals surface area contributed by atoms with Gasteiger partial charge in [0.05, 0.1) is 5.52 Å². The number of hydrogen-bond donors (Lipinski definition) is 1. The molecular formula is C18H16N2. The first-order chi connectivity index (χ1) is 9.79. The molecule has 1 N–H and O–H groups in total. The Morgan fingerprint density at radius 3 is 2.75 bits per heavy atom. The lowest BCUT2D eigenvalue weighted by Crippen LogP contribution is -1.91. The SMILES string of the molecule is Cc1ccc2cc(-c3ccc4c(c3)NCC4)ccc2n1. The van der Waals surface area contributed by atoms with Crippen molar-refractivity contribution in [3.63, 3.8) is 0 Å². The van der Waals surface area contributed by atoms with E-state index in [1.54, 1.807) is 0 Å². The Morgan fingerprint density at radius 1 is 0.950 bits per heavy atom. The van der Waals surface area contributed by atoms with E-state index < -0.39 is 0 Å². The van der Waals surface area contributed by atoms with Gasteiger partial charge in [0.1, 0.15) is 0 Å². The Labute approximate surface area is 118 Å². The summed E-state index contributed by atoms with van der Waals surface area (Å²) in [5, 5.41) is 4.64. The summed E-state index contributed by atoms with van der Waals surface area (Å²) in [4.78, 5) is 4.56. The number of benzene rings is 2. The highest BCUT2D eigenvalue weighted by Gasteiger charge is 2.10. The van der Waals surface area contributed by atoms with Crippen LogP contribution in [0.1, 0.15) is 11.3 Å². The molecule has 1 aliphatic rings. The molecule has 2 heteroatoms. The number of fused-ring (bicyclic) bond motifs is 2. The minimum Gasteiger partial charge on any atom is -0.384 e. The number of anilines is 1. The van der Waals surface area contributed by atoms with Crippen molar-refractivity contribution in [1.29, 1.82) is 0 Å². The van der Waals surface area contributed by atoms with E-state index in [-0.39, 0.29) is 0 Å². The average Bonchev–Trinajstić information content (AvgIpc) is 2.94. The van der Waals surface area contributed by atoms with Gasteiger partial charge in [0.25, 0.3) is 0 Å². The zero-order valence-electron chi connectivity index (χ0n) is 11.5. The van der Waals surface area contributed by atoms with Crippen molar-refractivity contribution in [1.82, 2.24) is 4.98 Å². The molecule has 0 bridgehead atoms. The second-order valence-electron chi connectivity index (χ2n) is 5.41. The highest BCUT2D eigenvalue weighted by Crippen LogP contribution is 2.30. The van der Waals surface area contributed by atoms with Gasteiger partial charge < -0.3 is 5.32 Å². The molecule has 0 saturated carbocycles. The van der Waals surface area contributed by atoms with Crippen LogP contribution in [0.4, 0.5) is 5.69 Å². The van der Waals surface area contributed by atoms with Crippen molar-refractivity contribution in [2.75, 3.05) is 11.9 Å². The van der Waals surface area contributed by atoms with Crippen molar-refractivity contribution in [2.24, 2.45) is 0 Å². The lowest BCUT2D eigenvalue weighted by molar-refractivity contribution is 1.11. The highest BCUT2D eigenvalue weighted by molar-refractivity contribution is 5.85. The van der Waals surface area contributed by atoms with Crippen LogP contribution in [-0.2, 0) is 6.42 Å². The van der Waals surface area contributed by atoms with Gasteiger partial charge in [-0.1, -0.05) is 24.3 Å². The summed E-state index contributed by atoms with van der Waals surface area (Å²) in [6, 6.07) is 17.4. The number of hydrogen-bond acceptors (Lipinski definition) is 2. The standard InChI is InChI=1S/C18H16N2/c1-12-2-3-16-10-14(6-7-17(16)20-12)15-5-4-13-8-9-19-18(13)11-15/h2-7,10-11,19H,8-9H2,1H3. The van der Waals surface area contributed by atoms with E-state index in [9.17, 15) is 0 Å². The predicted molar refractivity (Wildman–Crippen MR) is 84.1 cm³/mol. The molecule has 0 radical (unpaired) electrons. The second kappa shape index (κ2) is 4.34. The Morgan fingerprint density at radius 2 is 1.80 bits per heavy atom. The monoisotopic (exact) mass is 260 g/mol. The molecule has 0 spiro atoms. The molecule has 1 aromatic heterocycles. The molecule has 2 nitrogen and oxygen atoms in total.